The van der Waals surface area contributed by atoms with Crippen LogP contribution in [0.2, 0.25) is 5.15 Å². The Bertz CT molecular complexity index is 750. The topological polar surface area (TPSA) is 96.4 Å². The van der Waals surface area contributed by atoms with Crippen LogP contribution < -0.4 is 4.72 Å². The molecule has 2 rings (SSSR count). The number of carboxylic acids is 1. The molecule has 0 radical (unpaired) electrons. The van der Waals surface area contributed by atoms with Gasteiger partial charge < -0.3 is 5.11 Å². The second-order valence-corrected chi connectivity index (χ2v) is 6.74. The monoisotopic (exact) mass is 332 g/mol. The minimum absolute atomic E-state index is 0.000629. The first kappa shape index (κ1) is 14.8. The summed E-state index contributed by atoms with van der Waals surface area (Å²) in [5.74, 6) is -1.30. The van der Waals surface area contributed by atoms with Crippen molar-refractivity contribution in [3.63, 3.8) is 0 Å². The molecule has 2 aromatic heterocycles. The summed E-state index contributed by atoms with van der Waals surface area (Å²) >= 11 is 6.68. The van der Waals surface area contributed by atoms with Crippen LogP contribution in [0.5, 0.6) is 0 Å². The van der Waals surface area contributed by atoms with E-state index in [2.05, 4.69) is 9.71 Å². The van der Waals surface area contributed by atoms with Gasteiger partial charge in [-0.1, -0.05) is 11.6 Å². The number of aromatic nitrogens is 1. The van der Waals surface area contributed by atoms with E-state index in [1.807, 2.05) is 0 Å². The minimum atomic E-state index is -4.04. The number of carbonyl (C=O) groups is 1. The molecule has 0 aliphatic rings. The van der Waals surface area contributed by atoms with Gasteiger partial charge in [0.15, 0.2) is 5.15 Å². The zero-order valence-electron chi connectivity index (χ0n) is 10.1. The van der Waals surface area contributed by atoms with Crippen molar-refractivity contribution in [1.82, 2.24) is 4.98 Å². The first-order valence-electron chi connectivity index (χ1n) is 5.27. The lowest BCUT2D eigenvalue weighted by molar-refractivity contribution is 0.0698. The van der Waals surface area contributed by atoms with Crippen molar-refractivity contribution in [3.8, 4) is 0 Å². The van der Waals surface area contributed by atoms with E-state index in [0.29, 0.717) is 5.56 Å². The minimum Gasteiger partial charge on any atom is -0.477 e. The highest BCUT2D eigenvalue weighted by atomic mass is 35.5. The van der Waals surface area contributed by atoms with Crippen LogP contribution in [0.3, 0.4) is 0 Å². The molecule has 0 aliphatic heterocycles. The molecular formula is C11H9ClN2O4S2. The molecule has 0 aromatic carbocycles. The van der Waals surface area contributed by atoms with Crippen molar-refractivity contribution in [2.45, 2.75) is 11.8 Å². The number of aryl methyl sites for hydroxylation is 1. The fourth-order valence-corrected chi connectivity index (χ4v) is 4.21. The average Bonchev–Trinajstić information content (AvgIpc) is 2.84. The lowest BCUT2D eigenvalue weighted by atomic mass is 10.3. The number of hydrogen-bond acceptors (Lipinski definition) is 5. The normalized spacial score (nSPS) is 11.3. The van der Waals surface area contributed by atoms with Gasteiger partial charge in [0.25, 0.3) is 10.0 Å². The van der Waals surface area contributed by atoms with Crippen LogP contribution in [0.1, 0.15) is 15.2 Å². The summed E-state index contributed by atoms with van der Waals surface area (Å²) < 4.78 is 26.8. The fourth-order valence-electron chi connectivity index (χ4n) is 1.50. The third-order valence-electron chi connectivity index (χ3n) is 2.46. The molecule has 2 heterocycles. The SMILES string of the molecule is Cc1ccnc(Cl)c1NS(=O)(=O)c1ccsc1C(=O)O. The maximum Gasteiger partial charge on any atom is 0.347 e. The third kappa shape index (κ3) is 2.77. The lowest BCUT2D eigenvalue weighted by Gasteiger charge is -2.11. The van der Waals surface area contributed by atoms with Crippen LogP contribution in [0.4, 0.5) is 5.69 Å². The van der Waals surface area contributed by atoms with E-state index < -0.39 is 16.0 Å². The predicted octanol–water partition coefficient (Wildman–Crippen LogP) is 2.60. The molecule has 2 aromatic rings. The Hall–Kier alpha value is -1.64. The highest BCUT2D eigenvalue weighted by molar-refractivity contribution is 7.93. The molecule has 0 fully saturated rings. The predicted molar refractivity (Wildman–Crippen MR) is 76.1 cm³/mol. The summed E-state index contributed by atoms with van der Waals surface area (Å²) in [6.07, 6.45) is 1.45. The Balaban J connectivity index is 2.47. The van der Waals surface area contributed by atoms with E-state index >= 15 is 0 Å². The van der Waals surface area contributed by atoms with Crippen molar-refractivity contribution in [3.05, 3.63) is 39.3 Å². The zero-order valence-corrected chi connectivity index (χ0v) is 12.5. The number of rotatable bonds is 4. The van der Waals surface area contributed by atoms with Gasteiger partial charge in [0.2, 0.25) is 0 Å². The van der Waals surface area contributed by atoms with Crippen molar-refractivity contribution in [2.24, 2.45) is 0 Å². The first-order chi connectivity index (χ1) is 9.33. The second-order valence-electron chi connectivity index (χ2n) is 3.82. The largest absolute Gasteiger partial charge is 0.477 e. The average molecular weight is 333 g/mol. The van der Waals surface area contributed by atoms with Crippen molar-refractivity contribution in [2.75, 3.05) is 4.72 Å². The lowest BCUT2D eigenvalue weighted by Crippen LogP contribution is -2.16. The number of thiophene rings is 1. The van der Waals surface area contributed by atoms with Crippen molar-refractivity contribution in [1.29, 1.82) is 0 Å². The molecular weight excluding hydrogens is 324 g/mol. The van der Waals surface area contributed by atoms with E-state index in [1.165, 1.54) is 17.6 Å². The summed E-state index contributed by atoms with van der Waals surface area (Å²) in [6, 6.07) is 2.82. The van der Waals surface area contributed by atoms with Gasteiger partial charge in [-0.15, -0.1) is 11.3 Å². The molecule has 0 aliphatic carbocycles. The van der Waals surface area contributed by atoms with Gasteiger partial charge in [-0.25, -0.2) is 18.2 Å². The molecule has 20 heavy (non-hydrogen) atoms. The molecule has 106 valence electrons. The van der Waals surface area contributed by atoms with Gasteiger partial charge >= 0.3 is 5.97 Å². The molecule has 0 atom stereocenters. The van der Waals surface area contributed by atoms with E-state index in [4.69, 9.17) is 16.7 Å². The maximum atomic E-state index is 12.2. The molecule has 0 saturated carbocycles. The van der Waals surface area contributed by atoms with Crippen LogP contribution in [0.15, 0.2) is 28.6 Å². The van der Waals surface area contributed by atoms with Crippen LogP contribution in [-0.2, 0) is 10.0 Å². The number of pyridine rings is 1. The van der Waals surface area contributed by atoms with E-state index in [9.17, 15) is 13.2 Å². The van der Waals surface area contributed by atoms with Gasteiger partial charge in [0.1, 0.15) is 9.77 Å². The Morgan fingerprint density at radius 2 is 2.15 bits per heavy atom. The van der Waals surface area contributed by atoms with E-state index in [0.717, 1.165) is 11.3 Å². The van der Waals surface area contributed by atoms with Crippen molar-refractivity contribution >= 4 is 44.6 Å². The molecule has 9 heteroatoms. The number of halogens is 1. The summed E-state index contributed by atoms with van der Waals surface area (Å²) in [6.45, 7) is 1.66. The van der Waals surface area contributed by atoms with Crippen LogP contribution in [0, 0.1) is 6.92 Å². The third-order valence-corrected chi connectivity index (χ3v) is 5.17. The summed E-state index contributed by atoms with van der Waals surface area (Å²) in [7, 11) is -4.04. The fraction of sp³-hybridized carbons (Fsp3) is 0.0909. The Labute approximate surface area is 124 Å². The standard InChI is InChI=1S/C11H9ClN2O4S2/c1-6-2-4-13-10(12)8(6)14-20(17,18)7-3-5-19-9(7)11(15)16/h2-5,14H,1H3,(H,15,16). The Morgan fingerprint density at radius 1 is 1.45 bits per heavy atom. The highest BCUT2D eigenvalue weighted by Crippen LogP contribution is 2.28. The molecule has 0 spiro atoms. The summed E-state index contributed by atoms with van der Waals surface area (Å²) in [5, 5.41) is 10.4. The van der Waals surface area contributed by atoms with Gasteiger partial charge in [-0.3, -0.25) is 4.72 Å². The highest BCUT2D eigenvalue weighted by Gasteiger charge is 2.25. The summed E-state index contributed by atoms with van der Waals surface area (Å²) in [4.78, 5) is 14.2. The quantitative estimate of drug-likeness (QED) is 0.839. The van der Waals surface area contributed by atoms with Crippen LogP contribution in [-0.4, -0.2) is 24.5 Å². The number of hydrogen-bond donors (Lipinski definition) is 2. The molecule has 0 saturated heterocycles. The number of aromatic carboxylic acids is 1. The Kier molecular flexibility index (Phi) is 3.98. The molecule has 6 nitrogen and oxygen atoms in total. The molecule has 0 bridgehead atoms. The van der Waals surface area contributed by atoms with Crippen LogP contribution >= 0.6 is 22.9 Å². The van der Waals surface area contributed by atoms with E-state index in [1.54, 1.807) is 13.0 Å². The zero-order chi connectivity index (χ0) is 14.9. The van der Waals surface area contributed by atoms with Gasteiger partial charge in [0.05, 0.1) is 5.69 Å². The van der Waals surface area contributed by atoms with Crippen LogP contribution in [0.25, 0.3) is 0 Å². The molecule has 0 unspecified atom stereocenters. The second kappa shape index (κ2) is 5.39. The molecule has 2 N–H and O–H groups in total. The molecule has 0 amide bonds. The smallest absolute Gasteiger partial charge is 0.347 e. The maximum absolute atomic E-state index is 12.2. The Morgan fingerprint density at radius 3 is 2.75 bits per heavy atom. The van der Waals surface area contributed by atoms with Gasteiger partial charge in [0, 0.05) is 6.20 Å². The number of nitrogens with one attached hydrogen (secondary N) is 1. The number of nitrogens with zero attached hydrogens (tertiary/aromatic N) is 1. The first-order valence-corrected chi connectivity index (χ1v) is 8.01. The number of carboxylic acid groups (broad SMARTS) is 1. The summed E-state index contributed by atoms with van der Waals surface area (Å²) in [5.41, 5.74) is 0.720. The number of anilines is 1. The van der Waals surface area contributed by atoms with Crippen molar-refractivity contribution < 1.29 is 18.3 Å². The van der Waals surface area contributed by atoms with Gasteiger partial charge in [-0.05, 0) is 30.0 Å². The van der Waals surface area contributed by atoms with Gasteiger partial charge in [-0.2, -0.15) is 0 Å². The number of sulfonamides is 1. The van der Waals surface area contributed by atoms with E-state index in [-0.39, 0.29) is 20.6 Å².